The van der Waals surface area contributed by atoms with E-state index < -0.39 is 10.0 Å². The van der Waals surface area contributed by atoms with Crippen molar-refractivity contribution in [3.8, 4) is 0 Å². The van der Waals surface area contributed by atoms with Crippen LogP contribution in [-0.4, -0.2) is 74.6 Å². The highest BCUT2D eigenvalue weighted by atomic mass is 35.5. The summed E-state index contributed by atoms with van der Waals surface area (Å²) in [7, 11) is -3.68. The highest BCUT2D eigenvalue weighted by molar-refractivity contribution is 7.99. The van der Waals surface area contributed by atoms with Gasteiger partial charge in [0, 0.05) is 43.0 Å². The van der Waals surface area contributed by atoms with E-state index in [4.69, 9.17) is 27.9 Å². The van der Waals surface area contributed by atoms with Crippen molar-refractivity contribution in [1.29, 1.82) is 0 Å². The minimum Gasteiger partial charge on any atom is -0.379 e. The van der Waals surface area contributed by atoms with E-state index in [2.05, 4.69) is 4.90 Å². The first-order chi connectivity index (χ1) is 12.4. The highest BCUT2D eigenvalue weighted by Crippen LogP contribution is 2.32. The van der Waals surface area contributed by atoms with Gasteiger partial charge in [-0.3, -0.25) is 4.90 Å². The van der Waals surface area contributed by atoms with E-state index in [-0.39, 0.29) is 16.0 Å². The fourth-order valence-corrected chi connectivity index (χ4v) is 6.92. The molecule has 26 heavy (non-hydrogen) atoms. The summed E-state index contributed by atoms with van der Waals surface area (Å²) < 4.78 is 33.9. The van der Waals surface area contributed by atoms with Crippen LogP contribution in [0, 0.1) is 6.92 Å². The van der Waals surface area contributed by atoms with Crippen molar-refractivity contribution in [2.45, 2.75) is 24.3 Å². The first-order valence-electron chi connectivity index (χ1n) is 8.75. The Morgan fingerprint density at radius 3 is 2.65 bits per heavy atom. The summed E-state index contributed by atoms with van der Waals surface area (Å²) in [5, 5.41) is 0.660. The van der Waals surface area contributed by atoms with Gasteiger partial charge in [-0.25, -0.2) is 8.42 Å². The predicted molar refractivity (Wildman–Crippen MR) is 108 cm³/mol. The molecule has 0 spiro atoms. The maximum atomic E-state index is 13.4. The van der Waals surface area contributed by atoms with Gasteiger partial charge in [-0.05, 0) is 36.8 Å². The van der Waals surface area contributed by atoms with Gasteiger partial charge in [-0.2, -0.15) is 16.1 Å². The van der Waals surface area contributed by atoms with Gasteiger partial charge < -0.3 is 4.74 Å². The molecule has 5 nitrogen and oxygen atoms in total. The molecule has 3 rings (SSSR count). The maximum absolute atomic E-state index is 13.4. The fraction of sp³-hybridized carbons (Fsp3) is 0.647. The van der Waals surface area contributed by atoms with Gasteiger partial charge in [0.1, 0.15) is 4.90 Å². The molecule has 2 aliphatic heterocycles. The second kappa shape index (κ2) is 8.99. The van der Waals surface area contributed by atoms with Crippen LogP contribution in [0.2, 0.25) is 10.0 Å². The van der Waals surface area contributed by atoms with Gasteiger partial charge in [0.25, 0.3) is 0 Å². The van der Waals surface area contributed by atoms with Crippen molar-refractivity contribution >= 4 is 45.0 Å². The van der Waals surface area contributed by atoms with Gasteiger partial charge in [0.2, 0.25) is 10.0 Å². The lowest BCUT2D eigenvalue weighted by Gasteiger charge is -2.35. The molecule has 0 saturated carbocycles. The van der Waals surface area contributed by atoms with Gasteiger partial charge in [-0.1, -0.05) is 23.2 Å². The second-order valence-corrected chi connectivity index (χ2v) is 10.5. The van der Waals surface area contributed by atoms with Crippen molar-refractivity contribution in [2.75, 3.05) is 50.9 Å². The number of aryl methyl sites for hydroxylation is 1. The normalized spacial score (nSPS) is 23.7. The van der Waals surface area contributed by atoms with E-state index in [1.807, 2.05) is 11.8 Å². The van der Waals surface area contributed by atoms with Crippen LogP contribution in [0.3, 0.4) is 0 Å². The number of ether oxygens (including phenoxy) is 1. The van der Waals surface area contributed by atoms with Crippen LogP contribution in [0.25, 0.3) is 0 Å². The molecule has 0 N–H and O–H groups in total. The quantitative estimate of drug-likeness (QED) is 0.722. The van der Waals surface area contributed by atoms with Crippen LogP contribution in [0.15, 0.2) is 17.0 Å². The molecule has 1 aromatic carbocycles. The molecule has 1 atom stereocenters. The minimum atomic E-state index is -3.68. The van der Waals surface area contributed by atoms with Crippen molar-refractivity contribution in [2.24, 2.45) is 0 Å². The molecule has 1 unspecified atom stereocenters. The topological polar surface area (TPSA) is 49.9 Å². The number of rotatable bonds is 4. The molecule has 146 valence electrons. The molecular weight excluding hydrogens is 415 g/mol. The summed E-state index contributed by atoms with van der Waals surface area (Å²) in [4.78, 5) is 2.44. The Morgan fingerprint density at radius 2 is 1.92 bits per heavy atom. The Hall–Kier alpha value is -0.0200. The van der Waals surface area contributed by atoms with Gasteiger partial charge in [0.05, 0.1) is 18.2 Å². The van der Waals surface area contributed by atoms with E-state index in [9.17, 15) is 8.42 Å². The molecular formula is C17H24Cl2N2O3S2. The van der Waals surface area contributed by atoms with E-state index in [1.54, 1.807) is 17.3 Å². The maximum Gasteiger partial charge on any atom is 0.244 e. The van der Waals surface area contributed by atoms with Gasteiger partial charge in [0.15, 0.2) is 0 Å². The highest BCUT2D eigenvalue weighted by Gasteiger charge is 2.35. The fourth-order valence-electron chi connectivity index (χ4n) is 3.30. The molecule has 0 bridgehead atoms. The summed E-state index contributed by atoms with van der Waals surface area (Å²) in [6.45, 7) is 6.12. The van der Waals surface area contributed by atoms with Crippen LogP contribution in [0.4, 0.5) is 0 Å². The number of sulfonamides is 1. The summed E-state index contributed by atoms with van der Waals surface area (Å²) in [6, 6.07) is 3.04. The molecule has 2 saturated heterocycles. The summed E-state index contributed by atoms with van der Waals surface area (Å²) in [5.74, 6) is 1.76. The Labute approximate surface area is 170 Å². The number of hydrogen-bond acceptors (Lipinski definition) is 5. The molecule has 2 aliphatic rings. The SMILES string of the molecule is Cc1cc(S(=O)(=O)N2CCCSCC2CN2CCOCC2)c(Cl)cc1Cl. The van der Waals surface area contributed by atoms with E-state index >= 15 is 0 Å². The lowest BCUT2D eigenvalue weighted by molar-refractivity contribution is 0.0309. The largest absolute Gasteiger partial charge is 0.379 e. The summed E-state index contributed by atoms with van der Waals surface area (Å²) in [5.41, 5.74) is 0.712. The molecule has 2 heterocycles. The number of nitrogens with zero attached hydrogens (tertiary/aromatic N) is 2. The molecule has 9 heteroatoms. The van der Waals surface area contributed by atoms with Gasteiger partial charge in [-0.15, -0.1) is 0 Å². The average Bonchev–Trinajstić information content (AvgIpc) is 2.85. The van der Waals surface area contributed by atoms with Crippen molar-refractivity contribution in [1.82, 2.24) is 9.21 Å². The molecule has 0 radical (unpaired) electrons. The van der Waals surface area contributed by atoms with E-state index in [0.29, 0.717) is 30.3 Å². The lowest BCUT2D eigenvalue weighted by atomic mass is 10.2. The number of thioether (sulfide) groups is 1. The number of hydrogen-bond donors (Lipinski definition) is 0. The number of halogens is 2. The van der Waals surface area contributed by atoms with E-state index in [0.717, 1.165) is 37.6 Å². The average molecular weight is 439 g/mol. The third kappa shape index (κ3) is 4.69. The lowest BCUT2D eigenvalue weighted by Crippen LogP contribution is -2.50. The van der Waals surface area contributed by atoms with Crippen LogP contribution < -0.4 is 0 Å². The minimum absolute atomic E-state index is 0.0716. The first-order valence-corrected chi connectivity index (χ1v) is 12.1. The van der Waals surface area contributed by atoms with E-state index in [1.165, 1.54) is 6.07 Å². The van der Waals surface area contributed by atoms with Crippen molar-refractivity contribution in [3.63, 3.8) is 0 Å². The van der Waals surface area contributed by atoms with Crippen LogP contribution in [0.5, 0.6) is 0 Å². The standard InChI is InChI=1S/C17H24Cl2N2O3S2/c1-13-9-17(16(19)10-15(13)18)26(22,23)21-3-2-8-25-12-14(21)11-20-4-6-24-7-5-20/h9-10,14H,2-8,11-12H2,1H3. The van der Waals surface area contributed by atoms with Crippen molar-refractivity contribution in [3.05, 3.63) is 27.7 Å². The van der Waals surface area contributed by atoms with Crippen molar-refractivity contribution < 1.29 is 13.2 Å². The third-order valence-electron chi connectivity index (χ3n) is 4.76. The van der Waals surface area contributed by atoms with Crippen LogP contribution in [0.1, 0.15) is 12.0 Å². The Morgan fingerprint density at radius 1 is 1.19 bits per heavy atom. The number of morpholine rings is 1. The molecule has 0 aromatic heterocycles. The second-order valence-electron chi connectivity index (χ2n) is 6.64. The predicted octanol–water partition coefficient (Wildman–Crippen LogP) is 3.13. The zero-order valence-corrected chi connectivity index (χ0v) is 17.9. The molecule has 0 aliphatic carbocycles. The molecule has 0 amide bonds. The number of benzene rings is 1. The molecule has 1 aromatic rings. The zero-order valence-electron chi connectivity index (χ0n) is 14.8. The van der Waals surface area contributed by atoms with Crippen LogP contribution >= 0.6 is 35.0 Å². The summed E-state index contributed by atoms with van der Waals surface area (Å²) >= 11 is 14.2. The Kier molecular flexibility index (Phi) is 7.16. The van der Waals surface area contributed by atoms with Gasteiger partial charge >= 0.3 is 0 Å². The third-order valence-corrected chi connectivity index (χ3v) is 8.78. The monoisotopic (exact) mass is 438 g/mol. The van der Waals surface area contributed by atoms with Crippen LogP contribution in [-0.2, 0) is 14.8 Å². The zero-order chi connectivity index (χ0) is 18.7. The first kappa shape index (κ1) is 20.7. The summed E-state index contributed by atoms with van der Waals surface area (Å²) in [6.07, 6.45) is 0.841. The Balaban J connectivity index is 1.90. The molecule has 2 fully saturated rings. The Bertz CT molecular complexity index is 740. The smallest absolute Gasteiger partial charge is 0.244 e.